The number of fused-ring (bicyclic) bond motifs is 1. The van der Waals surface area contributed by atoms with E-state index in [1.54, 1.807) is 6.20 Å². The zero-order chi connectivity index (χ0) is 23.4. The van der Waals surface area contributed by atoms with Gasteiger partial charge < -0.3 is 15.2 Å². The Morgan fingerprint density at radius 2 is 1.88 bits per heavy atom. The van der Waals surface area contributed by atoms with E-state index in [0.717, 1.165) is 27.6 Å². The van der Waals surface area contributed by atoms with Crippen LogP contribution in [0.4, 0.5) is 0 Å². The smallest absolute Gasteiger partial charge is 0.253 e. The van der Waals surface area contributed by atoms with Crippen LogP contribution in [0, 0.1) is 13.8 Å². The number of benzene rings is 2. The standard InChI is InChI=1S/C27H28N4OS/c1-18-12-19(2)25-23(13-18)14-24(26(32)30-25)17-31(16-21-8-7-11-28-15-21)27(33)29-20(3)22-9-5-4-6-10-22/h4-15,20H,16-17H2,1-3H3,(H,29,33)(H,30,32). The van der Waals surface area contributed by atoms with Crippen molar-refractivity contribution in [3.05, 3.63) is 111 Å². The lowest BCUT2D eigenvalue weighted by Crippen LogP contribution is -2.41. The van der Waals surface area contributed by atoms with Crippen LogP contribution in [0.1, 0.15) is 40.8 Å². The Balaban J connectivity index is 1.64. The van der Waals surface area contributed by atoms with Gasteiger partial charge in [-0.2, -0.15) is 0 Å². The number of aromatic amines is 1. The molecule has 0 aliphatic heterocycles. The zero-order valence-corrected chi connectivity index (χ0v) is 19.9. The number of thiocarbonyl (C=S) groups is 1. The van der Waals surface area contributed by atoms with E-state index in [9.17, 15) is 4.79 Å². The highest BCUT2D eigenvalue weighted by Gasteiger charge is 2.17. The maximum Gasteiger partial charge on any atom is 0.253 e. The molecule has 2 heterocycles. The third-order valence-electron chi connectivity index (χ3n) is 5.75. The Hall–Kier alpha value is -3.51. The third kappa shape index (κ3) is 5.46. The molecule has 0 saturated heterocycles. The van der Waals surface area contributed by atoms with Gasteiger partial charge >= 0.3 is 0 Å². The van der Waals surface area contributed by atoms with Crippen molar-refractivity contribution in [1.82, 2.24) is 20.2 Å². The van der Waals surface area contributed by atoms with Gasteiger partial charge in [0, 0.05) is 24.5 Å². The van der Waals surface area contributed by atoms with Crippen LogP contribution >= 0.6 is 12.2 Å². The maximum atomic E-state index is 13.0. The summed E-state index contributed by atoms with van der Waals surface area (Å²) in [5.41, 5.74) is 5.87. The van der Waals surface area contributed by atoms with Crippen LogP contribution in [-0.4, -0.2) is 20.0 Å². The van der Waals surface area contributed by atoms with Gasteiger partial charge in [0.25, 0.3) is 5.56 Å². The summed E-state index contributed by atoms with van der Waals surface area (Å²) < 4.78 is 0. The van der Waals surface area contributed by atoms with E-state index in [4.69, 9.17) is 12.2 Å². The van der Waals surface area contributed by atoms with Crippen LogP contribution in [0.15, 0.2) is 77.9 Å². The van der Waals surface area contributed by atoms with Gasteiger partial charge in [0.2, 0.25) is 0 Å². The zero-order valence-electron chi connectivity index (χ0n) is 19.1. The van der Waals surface area contributed by atoms with Crippen molar-refractivity contribution in [3.63, 3.8) is 0 Å². The molecule has 4 aromatic rings. The highest BCUT2D eigenvalue weighted by Crippen LogP contribution is 2.19. The average Bonchev–Trinajstić information content (AvgIpc) is 2.81. The lowest BCUT2D eigenvalue weighted by molar-refractivity contribution is 0.391. The molecule has 0 spiro atoms. The number of aromatic nitrogens is 2. The minimum absolute atomic E-state index is 0.0373. The molecule has 0 aliphatic carbocycles. The highest BCUT2D eigenvalue weighted by molar-refractivity contribution is 7.80. The summed E-state index contributed by atoms with van der Waals surface area (Å²) in [6, 6.07) is 20.3. The molecule has 168 valence electrons. The molecule has 33 heavy (non-hydrogen) atoms. The lowest BCUT2D eigenvalue weighted by atomic mass is 10.1. The molecule has 0 saturated carbocycles. The molecular formula is C27H28N4OS. The van der Waals surface area contributed by atoms with E-state index in [1.807, 2.05) is 54.4 Å². The Morgan fingerprint density at radius 1 is 1.09 bits per heavy atom. The molecule has 1 atom stereocenters. The van der Waals surface area contributed by atoms with Crippen LogP contribution in [0.5, 0.6) is 0 Å². The van der Waals surface area contributed by atoms with Gasteiger partial charge in [-0.25, -0.2) is 0 Å². The lowest BCUT2D eigenvalue weighted by Gasteiger charge is -2.28. The summed E-state index contributed by atoms with van der Waals surface area (Å²) in [5, 5.41) is 5.06. The molecule has 4 rings (SSSR count). The molecule has 2 aromatic heterocycles. The maximum absolute atomic E-state index is 13.0. The summed E-state index contributed by atoms with van der Waals surface area (Å²) in [6.07, 6.45) is 3.58. The third-order valence-corrected chi connectivity index (χ3v) is 6.13. The largest absolute Gasteiger partial charge is 0.356 e. The second-order valence-corrected chi connectivity index (χ2v) is 8.86. The predicted octanol–water partition coefficient (Wildman–Crippen LogP) is 5.18. The van der Waals surface area contributed by atoms with Crippen LogP contribution < -0.4 is 10.9 Å². The summed E-state index contributed by atoms with van der Waals surface area (Å²) in [7, 11) is 0. The van der Waals surface area contributed by atoms with Gasteiger partial charge in [-0.1, -0.05) is 48.0 Å². The molecule has 0 bridgehead atoms. The van der Waals surface area contributed by atoms with E-state index >= 15 is 0 Å². The van der Waals surface area contributed by atoms with Crippen LogP contribution in [-0.2, 0) is 13.1 Å². The predicted molar refractivity (Wildman–Crippen MR) is 138 cm³/mol. The van der Waals surface area contributed by atoms with Crippen molar-refractivity contribution in [3.8, 4) is 0 Å². The average molecular weight is 457 g/mol. The molecule has 0 aliphatic rings. The molecule has 5 nitrogen and oxygen atoms in total. The summed E-state index contributed by atoms with van der Waals surface area (Å²) >= 11 is 5.81. The van der Waals surface area contributed by atoms with Crippen molar-refractivity contribution in [2.45, 2.75) is 39.9 Å². The van der Waals surface area contributed by atoms with Gasteiger partial charge in [0.05, 0.1) is 18.1 Å². The van der Waals surface area contributed by atoms with Crippen molar-refractivity contribution < 1.29 is 0 Å². The van der Waals surface area contributed by atoms with E-state index in [0.29, 0.717) is 23.8 Å². The number of rotatable bonds is 6. The van der Waals surface area contributed by atoms with Crippen molar-refractivity contribution in [2.75, 3.05) is 0 Å². The number of nitrogens with one attached hydrogen (secondary N) is 2. The Kier molecular flexibility index (Phi) is 6.84. The highest BCUT2D eigenvalue weighted by atomic mass is 32.1. The minimum atomic E-state index is -0.0930. The SMILES string of the molecule is Cc1cc(C)c2[nH]c(=O)c(CN(Cc3cccnc3)C(=S)NC(C)c3ccccc3)cc2c1. The normalized spacial score (nSPS) is 11.8. The second kappa shape index (κ2) is 9.96. The van der Waals surface area contributed by atoms with Crippen molar-refractivity contribution in [1.29, 1.82) is 0 Å². The van der Waals surface area contributed by atoms with Gasteiger partial charge in [0.15, 0.2) is 5.11 Å². The Morgan fingerprint density at radius 3 is 2.61 bits per heavy atom. The monoisotopic (exact) mass is 456 g/mol. The minimum Gasteiger partial charge on any atom is -0.356 e. The van der Waals surface area contributed by atoms with Crippen molar-refractivity contribution in [2.24, 2.45) is 0 Å². The summed E-state index contributed by atoms with van der Waals surface area (Å²) in [5.74, 6) is 0. The van der Waals surface area contributed by atoms with Crippen LogP contribution in [0.3, 0.4) is 0 Å². The van der Waals surface area contributed by atoms with Gasteiger partial charge in [-0.3, -0.25) is 9.78 Å². The number of hydrogen-bond donors (Lipinski definition) is 2. The topological polar surface area (TPSA) is 61.0 Å². The fourth-order valence-corrected chi connectivity index (χ4v) is 4.37. The second-order valence-electron chi connectivity index (χ2n) is 8.47. The van der Waals surface area contributed by atoms with Gasteiger partial charge in [-0.05, 0) is 73.3 Å². The summed E-state index contributed by atoms with van der Waals surface area (Å²) in [4.78, 5) is 22.3. The number of nitrogens with zero attached hydrogens (tertiary/aromatic N) is 2. The number of hydrogen-bond acceptors (Lipinski definition) is 3. The quantitative estimate of drug-likeness (QED) is 0.392. The molecular weight excluding hydrogens is 428 g/mol. The first kappa shape index (κ1) is 22.7. The van der Waals surface area contributed by atoms with E-state index in [-0.39, 0.29) is 11.6 Å². The first-order valence-electron chi connectivity index (χ1n) is 11.0. The van der Waals surface area contributed by atoms with Gasteiger partial charge in [0.1, 0.15) is 0 Å². The molecule has 2 aromatic carbocycles. The molecule has 1 unspecified atom stereocenters. The molecule has 2 N–H and O–H groups in total. The van der Waals surface area contributed by atoms with Crippen LogP contribution in [0.2, 0.25) is 0 Å². The number of H-pyrrole nitrogens is 1. The van der Waals surface area contributed by atoms with Crippen LogP contribution in [0.25, 0.3) is 10.9 Å². The fourth-order valence-electron chi connectivity index (χ4n) is 4.07. The van der Waals surface area contributed by atoms with E-state index < -0.39 is 0 Å². The molecule has 0 fully saturated rings. The van der Waals surface area contributed by atoms with Gasteiger partial charge in [-0.15, -0.1) is 0 Å². The first-order chi connectivity index (χ1) is 15.9. The molecule has 0 radical (unpaired) electrons. The first-order valence-corrected chi connectivity index (χ1v) is 11.4. The molecule has 6 heteroatoms. The Labute approximate surface area is 199 Å². The summed E-state index contributed by atoms with van der Waals surface area (Å²) in [6.45, 7) is 7.10. The molecule has 0 amide bonds. The fraction of sp³-hybridized carbons (Fsp3) is 0.222. The van der Waals surface area contributed by atoms with E-state index in [2.05, 4.69) is 53.4 Å². The number of pyridine rings is 2. The van der Waals surface area contributed by atoms with Crippen molar-refractivity contribution >= 4 is 28.2 Å². The number of aryl methyl sites for hydroxylation is 2. The Bertz CT molecular complexity index is 1320. The van der Waals surface area contributed by atoms with E-state index in [1.165, 1.54) is 5.56 Å².